The smallest absolute Gasteiger partial charge is 0.475 e. The van der Waals surface area contributed by atoms with Crippen molar-refractivity contribution in [2.24, 2.45) is 11.7 Å². The molecule has 1 aromatic heterocycles. The van der Waals surface area contributed by atoms with Crippen LogP contribution in [0, 0.1) is 5.92 Å². The maximum atomic E-state index is 13.5. The first kappa shape index (κ1) is 30.5. The van der Waals surface area contributed by atoms with E-state index in [-0.39, 0.29) is 18.4 Å². The molecule has 3 N–H and O–H groups in total. The van der Waals surface area contributed by atoms with Gasteiger partial charge in [-0.05, 0) is 60.2 Å². The van der Waals surface area contributed by atoms with Crippen molar-refractivity contribution < 1.29 is 32.7 Å². The molecule has 222 valence electrons. The minimum Gasteiger partial charge on any atom is -0.475 e. The Labute approximate surface area is 241 Å². The van der Waals surface area contributed by atoms with E-state index in [9.17, 15) is 22.8 Å². The fourth-order valence-electron chi connectivity index (χ4n) is 5.05. The summed E-state index contributed by atoms with van der Waals surface area (Å²) in [6.07, 6.45) is 0.608. The largest absolute Gasteiger partial charge is 0.490 e. The number of alkyl halides is 3. The van der Waals surface area contributed by atoms with Crippen molar-refractivity contribution >= 4 is 29.2 Å². The second-order valence-corrected chi connectivity index (χ2v) is 10.1. The molecule has 0 bridgehead atoms. The second kappa shape index (κ2) is 13.5. The number of piperidine rings is 1. The molecular formula is C30H32F3N5O4. The number of halogens is 3. The zero-order valence-corrected chi connectivity index (χ0v) is 22.8. The number of aromatic nitrogens is 1. The summed E-state index contributed by atoms with van der Waals surface area (Å²) in [6.45, 7) is 3.51. The number of amides is 2. The number of hydrogen-bond acceptors (Lipinski definition) is 6. The van der Waals surface area contributed by atoms with Crippen LogP contribution < -0.4 is 15.5 Å². The lowest BCUT2D eigenvalue weighted by atomic mass is 9.95. The first-order chi connectivity index (χ1) is 20.1. The van der Waals surface area contributed by atoms with Crippen LogP contribution in [0.2, 0.25) is 0 Å². The van der Waals surface area contributed by atoms with E-state index in [2.05, 4.69) is 9.88 Å². The van der Waals surface area contributed by atoms with Crippen molar-refractivity contribution in [1.29, 1.82) is 0 Å². The van der Waals surface area contributed by atoms with Gasteiger partial charge in [0.25, 0.3) is 5.91 Å². The van der Waals surface area contributed by atoms with Crippen LogP contribution in [0.5, 0.6) is 0 Å². The Hall–Kier alpha value is -4.45. The predicted octanol–water partition coefficient (Wildman–Crippen LogP) is 4.08. The fraction of sp³-hybridized carbons (Fsp3) is 0.333. The highest BCUT2D eigenvalue weighted by atomic mass is 19.4. The average molecular weight is 584 g/mol. The Bertz CT molecular complexity index is 1380. The molecule has 42 heavy (non-hydrogen) atoms. The highest BCUT2D eigenvalue weighted by molar-refractivity contribution is 6.02. The van der Waals surface area contributed by atoms with Crippen LogP contribution in [0.25, 0.3) is 0 Å². The van der Waals surface area contributed by atoms with Crippen molar-refractivity contribution in [3.8, 4) is 0 Å². The van der Waals surface area contributed by atoms with Gasteiger partial charge in [0.15, 0.2) is 0 Å². The molecule has 1 fully saturated rings. The van der Waals surface area contributed by atoms with Crippen LogP contribution >= 0.6 is 0 Å². The summed E-state index contributed by atoms with van der Waals surface area (Å²) in [7, 11) is 0. The lowest BCUT2D eigenvalue weighted by Crippen LogP contribution is -2.44. The van der Waals surface area contributed by atoms with E-state index in [0.717, 1.165) is 42.7 Å². The van der Waals surface area contributed by atoms with Gasteiger partial charge >= 0.3 is 12.1 Å². The number of pyridine rings is 1. The molecule has 0 atom stereocenters. The van der Waals surface area contributed by atoms with Crippen LogP contribution in [-0.2, 0) is 22.7 Å². The summed E-state index contributed by atoms with van der Waals surface area (Å²) in [6, 6.07) is 19.4. The highest BCUT2D eigenvalue weighted by Gasteiger charge is 2.38. The Kier molecular flexibility index (Phi) is 9.79. The number of carboxylic acids is 1. The molecule has 9 nitrogen and oxygen atoms in total. The number of nitrogens with two attached hydrogens (primary N) is 1. The summed E-state index contributed by atoms with van der Waals surface area (Å²) < 4.78 is 31.7. The van der Waals surface area contributed by atoms with E-state index >= 15 is 0 Å². The number of rotatable bonds is 5. The summed E-state index contributed by atoms with van der Waals surface area (Å²) in [5.41, 5.74) is 10.4. The van der Waals surface area contributed by atoms with Gasteiger partial charge in [0.1, 0.15) is 6.54 Å². The Morgan fingerprint density at radius 2 is 1.57 bits per heavy atom. The molecule has 2 aliphatic rings. The van der Waals surface area contributed by atoms with Gasteiger partial charge in [-0.3, -0.25) is 14.6 Å². The van der Waals surface area contributed by atoms with E-state index in [1.807, 2.05) is 65.8 Å². The van der Waals surface area contributed by atoms with Crippen molar-refractivity contribution in [1.82, 2.24) is 9.88 Å². The number of carbonyl (C=O) groups excluding carboxylic acids is 2. The number of aliphatic carboxylic acids is 1. The number of fused-ring (bicyclic) bond motifs is 1. The Morgan fingerprint density at radius 1 is 0.952 bits per heavy atom. The van der Waals surface area contributed by atoms with E-state index in [0.29, 0.717) is 31.1 Å². The third kappa shape index (κ3) is 7.64. The summed E-state index contributed by atoms with van der Waals surface area (Å²) in [4.78, 5) is 45.7. The molecule has 0 unspecified atom stereocenters. The van der Waals surface area contributed by atoms with E-state index in [4.69, 9.17) is 15.6 Å². The molecule has 0 saturated carbocycles. The average Bonchev–Trinajstić information content (AvgIpc) is 3.13. The molecule has 3 aromatic rings. The van der Waals surface area contributed by atoms with Crippen LogP contribution in [0.3, 0.4) is 0 Å². The van der Waals surface area contributed by atoms with Crippen LogP contribution in [0.15, 0.2) is 73.1 Å². The molecule has 1 saturated heterocycles. The molecule has 0 spiro atoms. The zero-order chi connectivity index (χ0) is 30.3. The summed E-state index contributed by atoms with van der Waals surface area (Å²) in [5.74, 6) is -2.51. The van der Waals surface area contributed by atoms with Gasteiger partial charge in [0.05, 0.1) is 0 Å². The number of benzene rings is 2. The molecule has 0 radical (unpaired) electrons. The van der Waals surface area contributed by atoms with Gasteiger partial charge in [-0.1, -0.05) is 30.3 Å². The molecule has 2 aliphatic heterocycles. The zero-order valence-electron chi connectivity index (χ0n) is 22.8. The fourth-order valence-corrected chi connectivity index (χ4v) is 5.05. The number of anilines is 2. The normalized spacial score (nSPS) is 15.8. The number of para-hydroxylation sites is 1. The molecular weight excluding hydrogens is 551 g/mol. The van der Waals surface area contributed by atoms with E-state index < -0.39 is 12.1 Å². The Balaban J connectivity index is 0.000000517. The standard InChI is InChI=1S/C28H31N5O2.C2HF3O2/c29-17-21-5-7-23(8-6-21)28(35)32-19-24-3-1-2-4-26(24)33(27(34)20-32)18-22-11-15-31(16-12-22)25-9-13-30-14-10-25;3-2(4,5)1(6)7/h1-10,13-14,22H,11-12,15-20,29H2;(H,6,7). The monoisotopic (exact) mass is 583 g/mol. The molecule has 12 heteroatoms. The number of carboxylic acid groups (broad SMARTS) is 1. The third-order valence-corrected chi connectivity index (χ3v) is 7.32. The van der Waals surface area contributed by atoms with Crippen molar-refractivity contribution in [3.05, 3.63) is 89.7 Å². The first-order valence-electron chi connectivity index (χ1n) is 13.5. The van der Waals surface area contributed by atoms with Crippen molar-refractivity contribution in [3.63, 3.8) is 0 Å². The van der Waals surface area contributed by atoms with Gasteiger partial charge in [0.2, 0.25) is 5.91 Å². The van der Waals surface area contributed by atoms with Gasteiger partial charge in [-0.15, -0.1) is 0 Å². The van der Waals surface area contributed by atoms with Gasteiger partial charge in [-0.25, -0.2) is 4.79 Å². The van der Waals surface area contributed by atoms with E-state index in [1.165, 1.54) is 5.69 Å². The second-order valence-electron chi connectivity index (χ2n) is 10.1. The summed E-state index contributed by atoms with van der Waals surface area (Å²) in [5, 5.41) is 7.12. The minimum absolute atomic E-state index is 0.0292. The van der Waals surface area contributed by atoms with Gasteiger partial charge in [0, 0.05) is 62.1 Å². The van der Waals surface area contributed by atoms with E-state index in [1.54, 1.807) is 17.0 Å². The number of nitrogens with zero attached hydrogens (tertiary/aromatic N) is 4. The lowest BCUT2D eigenvalue weighted by molar-refractivity contribution is -0.192. The van der Waals surface area contributed by atoms with Crippen LogP contribution in [-0.4, -0.2) is 65.1 Å². The Morgan fingerprint density at radius 3 is 2.17 bits per heavy atom. The van der Waals surface area contributed by atoms with Gasteiger partial charge < -0.3 is 25.5 Å². The van der Waals surface area contributed by atoms with Gasteiger partial charge in [-0.2, -0.15) is 13.2 Å². The predicted molar refractivity (Wildman–Crippen MR) is 151 cm³/mol. The summed E-state index contributed by atoms with van der Waals surface area (Å²) >= 11 is 0. The maximum absolute atomic E-state index is 13.5. The molecule has 2 aromatic carbocycles. The SMILES string of the molecule is NCc1ccc(C(=O)N2CC(=O)N(CC3CCN(c4ccncc4)CC3)c3ccccc3C2)cc1.O=C(O)C(F)(F)F. The quantitative estimate of drug-likeness (QED) is 0.465. The van der Waals surface area contributed by atoms with Crippen molar-refractivity contribution in [2.75, 3.05) is 36.0 Å². The van der Waals surface area contributed by atoms with Crippen LogP contribution in [0.4, 0.5) is 24.5 Å². The minimum atomic E-state index is -5.08. The maximum Gasteiger partial charge on any atom is 0.490 e. The number of carbonyl (C=O) groups is 3. The highest BCUT2D eigenvalue weighted by Crippen LogP contribution is 2.30. The van der Waals surface area contributed by atoms with Crippen LogP contribution in [0.1, 0.15) is 34.3 Å². The van der Waals surface area contributed by atoms with Crippen molar-refractivity contribution in [2.45, 2.75) is 32.1 Å². The molecule has 2 amide bonds. The first-order valence-corrected chi connectivity index (χ1v) is 13.5. The molecule has 5 rings (SSSR count). The molecule has 0 aliphatic carbocycles. The lowest BCUT2D eigenvalue weighted by Gasteiger charge is -2.36. The topological polar surface area (TPSA) is 120 Å². The molecule has 3 heterocycles. The third-order valence-electron chi connectivity index (χ3n) is 7.32. The number of hydrogen-bond donors (Lipinski definition) is 2.